The van der Waals surface area contributed by atoms with Crippen LogP contribution in [0.5, 0.6) is 0 Å². The maximum Gasteiger partial charge on any atom is 0.148 e. The summed E-state index contributed by atoms with van der Waals surface area (Å²) in [5.74, 6) is 2.62. The Bertz CT molecular complexity index is 1650. The first kappa shape index (κ1) is 33.5. The first-order chi connectivity index (χ1) is 22.7. The monoisotopic (exact) mass is 621 g/mol. The van der Waals surface area contributed by atoms with E-state index in [1.54, 1.807) is 12.4 Å². The molecule has 0 amide bonds. The van der Waals surface area contributed by atoms with Crippen LogP contribution in [-0.4, -0.2) is 21.6 Å². The Balaban J connectivity index is 1.95. The molecule has 0 atom stereocenters. The smallest absolute Gasteiger partial charge is 0.148 e. The summed E-state index contributed by atoms with van der Waals surface area (Å²) in [6, 6.07) is 31.6. The Morgan fingerprint density at radius 2 is 0.851 bits per heavy atom. The Morgan fingerprint density at radius 1 is 0.468 bits per heavy atom. The van der Waals surface area contributed by atoms with E-state index < -0.39 is 0 Å². The van der Waals surface area contributed by atoms with Crippen LogP contribution in [0.3, 0.4) is 0 Å². The number of amidine groups is 2. The highest BCUT2D eigenvalue weighted by molar-refractivity contribution is 6.30. The zero-order valence-corrected chi connectivity index (χ0v) is 29.0. The number of aromatic nitrogens is 2. The summed E-state index contributed by atoms with van der Waals surface area (Å²) in [5, 5.41) is 0. The fourth-order valence-corrected chi connectivity index (χ4v) is 5.89. The van der Waals surface area contributed by atoms with Crippen molar-refractivity contribution in [2.24, 2.45) is 9.98 Å². The molecule has 0 fully saturated rings. The van der Waals surface area contributed by atoms with E-state index in [0.717, 1.165) is 39.9 Å². The zero-order chi connectivity index (χ0) is 33.5. The summed E-state index contributed by atoms with van der Waals surface area (Å²) in [4.78, 5) is 22.6. The number of aliphatic imine (C=N–C) groups is 2. The van der Waals surface area contributed by atoms with Gasteiger partial charge in [-0.05, 0) is 82.3 Å². The van der Waals surface area contributed by atoms with E-state index in [1.807, 2.05) is 30.6 Å². The molecule has 2 aromatic heterocycles. The van der Waals surface area contributed by atoms with Gasteiger partial charge in [-0.2, -0.15) is 0 Å². The number of benzene rings is 3. The molecule has 5 heteroatoms. The number of hydrogen-bond donors (Lipinski definition) is 0. The standard InChI is InChI=1S/C42H47N5/c1-28(2)35-20-12-21-36(29(3)4)39(35)45-41(32-16-14-24-43-26-32)47(34-18-10-9-11-19-34)42(33-17-15-25-44-27-33)46-40-37(30(5)6)22-13-23-38(40)31(7)8/h9-31H,1-8H3. The van der Waals surface area contributed by atoms with Crippen molar-refractivity contribution in [3.05, 3.63) is 149 Å². The highest BCUT2D eigenvalue weighted by Crippen LogP contribution is 2.38. The third-order valence-corrected chi connectivity index (χ3v) is 8.40. The van der Waals surface area contributed by atoms with E-state index in [0.29, 0.717) is 0 Å². The first-order valence-corrected chi connectivity index (χ1v) is 16.8. The molecule has 47 heavy (non-hydrogen) atoms. The Morgan fingerprint density at radius 3 is 1.17 bits per heavy atom. The minimum absolute atomic E-state index is 0.283. The van der Waals surface area contributed by atoms with Crippen LogP contribution >= 0.6 is 0 Å². The number of pyridine rings is 2. The van der Waals surface area contributed by atoms with Crippen LogP contribution in [0.25, 0.3) is 0 Å². The number of rotatable bonds is 9. The van der Waals surface area contributed by atoms with Gasteiger partial charge < -0.3 is 0 Å². The Hall–Kier alpha value is -4.90. The van der Waals surface area contributed by atoms with Gasteiger partial charge in [0.05, 0.1) is 11.4 Å². The lowest BCUT2D eigenvalue weighted by molar-refractivity contribution is 0.834. The predicted molar refractivity (Wildman–Crippen MR) is 199 cm³/mol. The van der Waals surface area contributed by atoms with Crippen molar-refractivity contribution < 1.29 is 0 Å². The molecule has 3 aromatic carbocycles. The van der Waals surface area contributed by atoms with Gasteiger partial charge in [0, 0.05) is 41.6 Å². The van der Waals surface area contributed by atoms with Gasteiger partial charge in [0.1, 0.15) is 11.7 Å². The van der Waals surface area contributed by atoms with E-state index in [1.165, 1.54) is 22.3 Å². The molecule has 0 saturated heterocycles. The number of nitrogens with zero attached hydrogens (tertiary/aromatic N) is 5. The van der Waals surface area contributed by atoms with Gasteiger partial charge in [-0.1, -0.05) is 110 Å². The number of hydrogen-bond acceptors (Lipinski definition) is 4. The molecule has 0 aliphatic heterocycles. The van der Waals surface area contributed by atoms with Gasteiger partial charge in [-0.3, -0.25) is 14.9 Å². The number of para-hydroxylation sites is 3. The van der Waals surface area contributed by atoms with Gasteiger partial charge in [0.25, 0.3) is 0 Å². The normalized spacial score (nSPS) is 12.4. The summed E-state index contributed by atoms with van der Waals surface area (Å²) < 4.78 is 0. The van der Waals surface area contributed by atoms with Gasteiger partial charge in [0.15, 0.2) is 0 Å². The summed E-state index contributed by atoms with van der Waals surface area (Å²) in [7, 11) is 0. The van der Waals surface area contributed by atoms with E-state index in [2.05, 4.69) is 143 Å². The zero-order valence-electron chi connectivity index (χ0n) is 29.0. The minimum Gasteiger partial charge on any atom is -0.278 e. The van der Waals surface area contributed by atoms with Crippen molar-refractivity contribution in [1.82, 2.24) is 9.97 Å². The van der Waals surface area contributed by atoms with Crippen molar-refractivity contribution in [1.29, 1.82) is 0 Å². The van der Waals surface area contributed by atoms with Crippen molar-refractivity contribution in [2.75, 3.05) is 4.90 Å². The molecule has 2 heterocycles. The lowest BCUT2D eigenvalue weighted by Crippen LogP contribution is -2.38. The van der Waals surface area contributed by atoms with Gasteiger partial charge in [-0.15, -0.1) is 0 Å². The van der Waals surface area contributed by atoms with Crippen LogP contribution in [0.4, 0.5) is 17.1 Å². The summed E-state index contributed by atoms with van der Waals surface area (Å²) in [6.07, 6.45) is 7.40. The van der Waals surface area contributed by atoms with Crippen LogP contribution < -0.4 is 4.90 Å². The molecule has 5 aromatic rings. The Labute approximate surface area is 281 Å². The van der Waals surface area contributed by atoms with E-state index in [-0.39, 0.29) is 23.7 Å². The highest BCUT2D eigenvalue weighted by atomic mass is 15.2. The molecule has 0 bridgehead atoms. The van der Waals surface area contributed by atoms with Crippen molar-refractivity contribution >= 4 is 28.7 Å². The molecule has 5 rings (SSSR count). The van der Waals surface area contributed by atoms with E-state index >= 15 is 0 Å². The van der Waals surface area contributed by atoms with Crippen molar-refractivity contribution in [2.45, 2.75) is 79.1 Å². The average molecular weight is 622 g/mol. The van der Waals surface area contributed by atoms with Crippen molar-refractivity contribution in [3.8, 4) is 0 Å². The third-order valence-electron chi connectivity index (χ3n) is 8.40. The molecule has 5 nitrogen and oxygen atoms in total. The maximum absolute atomic E-state index is 5.65. The molecular formula is C42H47N5. The summed E-state index contributed by atoms with van der Waals surface area (Å²) in [6.45, 7) is 17.9. The SMILES string of the molecule is CC(C)c1cccc(C(C)C)c1N=C(c1cccnc1)N(C(=Nc1c(C(C)C)cccc1C(C)C)c1cccnc1)c1ccccc1. The minimum atomic E-state index is 0.283. The van der Waals surface area contributed by atoms with Gasteiger partial charge in [-0.25, -0.2) is 9.98 Å². The fraction of sp³-hybridized carbons (Fsp3) is 0.286. The second-order valence-corrected chi connectivity index (χ2v) is 13.2. The highest BCUT2D eigenvalue weighted by Gasteiger charge is 2.27. The van der Waals surface area contributed by atoms with Crippen LogP contribution in [0.2, 0.25) is 0 Å². The predicted octanol–water partition coefficient (Wildman–Crippen LogP) is 11.3. The fourth-order valence-electron chi connectivity index (χ4n) is 5.89. The molecule has 0 spiro atoms. The molecule has 0 radical (unpaired) electrons. The quantitative estimate of drug-likeness (QED) is 0.122. The van der Waals surface area contributed by atoms with Crippen LogP contribution in [0.15, 0.2) is 126 Å². The molecular weight excluding hydrogens is 574 g/mol. The molecule has 0 aliphatic rings. The lowest BCUT2D eigenvalue weighted by Gasteiger charge is -2.30. The largest absolute Gasteiger partial charge is 0.278 e. The van der Waals surface area contributed by atoms with E-state index in [9.17, 15) is 0 Å². The number of anilines is 1. The second-order valence-electron chi connectivity index (χ2n) is 13.2. The summed E-state index contributed by atoms with van der Waals surface area (Å²) >= 11 is 0. The molecule has 0 aliphatic carbocycles. The molecule has 240 valence electrons. The maximum atomic E-state index is 5.65. The third kappa shape index (κ3) is 7.57. The molecule has 0 N–H and O–H groups in total. The van der Waals surface area contributed by atoms with E-state index in [4.69, 9.17) is 9.98 Å². The Kier molecular flexibility index (Phi) is 10.8. The lowest BCUT2D eigenvalue weighted by atomic mass is 9.92. The molecule has 0 unspecified atom stereocenters. The van der Waals surface area contributed by atoms with Crippen LogP contribution in [-0.2, 0) is 0 Å². The molecule has 0 saturated carbocycles. The van der Waals surface area contributed by atoms with Crippen molar-refractivity contribution in [3.63, 3.8) is 0 Å². The second kappa shape index (κ2) is 15.1. The van der Waals surface area contributed by atoms with Gasteiger partial charge in [0.2, 0.25) is 0 Å². The van der Waals surface area contributed by atoms with Crippen LogP contribution in [0.1, 0.15) is 112 Å². The average Bonchev–Trinajstić information content (AvgIpc) is 3.08. The first-order valence-electron chi connectivity index (χ1n) is 16.8. The topological polar surface area (TPSA) is 53.7 Å². The van der Waals surface area contributed by atoms with Gasteiger partial charge >= 0.3 is 0 Å². The summed E-state index contributed by atoms with van der Waals surface area (Å²) in [5.41, 5.74) is 9.54. The van der Waals surface area contributed by atoms with Crippen LogP contribution in [0, 0.1) is 0 Å².